The molecular weight excluding hydrogens is 258 g/mol. The van der Waals surface area contributed by atoms with Crippen molar-refractivity contribution in [2.75, 3.05) is 45.8 Å². The summed E-state index contributed by atoms with van der Waals surface area (Å²) in [6, 6.07) is 0.110. The van der Waals surface area contributed by atoms with Gasteiger partial charge in [0.05, 0.1) is 6.42 Å². The fraction of sp³-hybridized carbons (Fsp3) is 0.857. The number of carbonyl (C=O) groups excluding carboxylic acids is 1. The molecule has 0 saturated carbocycles. The first kappa shape index (κ1) is 16.8. The molecule has 2 amide bonds. The molecule has 20 heavy (non-hydrogen) atoms. The number of hydrogen-bond donors (Lipinski definition) is 1. The fourth-order valence-corrected chi connectivity index (χ4v) is 2.40. The molecule has 0 aromatic rings. The van der Waals surface area contributed by atoms with E-state index in [0.717, 1.165) is 26.2 Å². The molecule has 0 atom stereocenters. The van der Waals surface area contributed by atoms with Crippen LogP contribution < -0.4 is 0 Å². The summed E-state index contributed by atoms with van der Waals surface area (Å²) in [6.07, 6.45) is 0.169. The molecular formula is C14H27N3O3. The summed E-state index contributed by atoms with van der Waals surface area (Å²) in [4.78, 5) is 28.8. The van der Waals surface area contributed by atoms with Gasteiger partial charge in [-0.1, -0.05) is 13.8 Å². The van der Waals surface area contributed by atoms with Crippen molar-refractivity contribution in [3.63, 3.8) is 0 Å². The van der Waals surface area contributed by atoms with E-state index in [1.807, 2.05) is 16.7 Å². The molecule has 0 aliphatic carbocycles. The van der Waals surface area contributed by atoms with Crippen LogP contribution >= 0.6 is 0 Å². The Hall–Kier alpha value is -1.30. The van der Waals surface area contributed by atoms with Gasteiger partial charge in [0.15, 0.2) is 0 Å². The topological polar surface area (TPSA) is 64.1 Å². The largest absolute Gasteiger partial charge is 0.481 e. The molecule has 6 heteroatoms. The van der Waals surface area contributed by atoms with Crippen LogP contribution in [0.2, 0.25) is 0 Å². The maximum Gasteiger partial charge on any atom is 0.320 e. The average Bonchev–Trinajstić information content (AvgIpc) is 2.42. The van der Waals surface area contributed by atoms with Gasteiger partial charge in [0, 0.05) is 45.8 Å². The van der Waals surface area contributed by atoms with Crippen LogP contribution in [0, 0.1) is 5.92 Å². The molecule has 0 aromatic carbocycles. The molecule has 1 heterocycles. The second kappa shape index (κ2) is 8.09. The van der Waals surface area contributed by atoms with Crippen LogP contribution in [0.5, 0.6) is 0 Å². The van der Waals surface area contributed by atoms with Gasteiger partial charge in [0.25, 0.3) is 0 Å². The Kier molecular flexibility index (Phi) is 6.78. The van der Waals surface area contributed by atoms with Gasteiger partial charge in [0.2, 0.25) is 0 Å². The molecule has 1 aliphatic heterocycles. The van der Waals surface area contributed by atoms with Crippen molar-refractivity contribution in [3.05, 3.63) is 0 Å². The van der Waals surface area contributed by atoms with Crippen LogP contribution in [0.4, 0.5) is 4.79 Å². The molecule has 0 spiro atoms. The number of urea groups is 1. The van der Waals surface area contributed by atoms with Crippen molar-refractivity contribution in [2.45, 2.75) is 27.2 Å². The number of nitrogens with zero attached hydrogens (tertiary/aromatic N) is 3. The van der Waals surface area contributed by atoms with Crippen molar-refractivity contribution in [2.24, 2.45) is 5.92 Å². The molecule has 1 fully saturated rings. The van der Waals surface area contributed by atoms with Crippen LogP contribution in [0.15, 0.2) is 0 Å². The summed E-state index contributed by atoms with van der Waals surface area (Å²) in [5.74, 6) is -0.298. The minimum Gasteiger partial charge on any atom is -0.481 e. The smallest absolute Gasteiger partial charge is 0.320 e. The summed E-state index contributed by atoms with van der Waals surface area (Å²) in [7, 11) is 0. The maximum atomic E-state index is 12.4. The Bertz CT molecular complexity index is 326. The third kappa shape index (κ3) is 5.36. The van der Waals surface area contributed by atoms with Gasteiger partial charge in [-0.15, -0.1) is 0 Å². The number of aliphatic carboxylic acids is 1. The average molecular weight is 285 g/mol. The van der Waals surface area contributed by atoms with Gasteiger partial charge < -0.3 is 14.9 Å². The van der Waals surface area contributed by atoms with Crippen molar-refractivity contribution >= 4 is 12.0 Å². The Morgan fingerprint density at radius 1 is 1.20 bits per heavy atom. The molecule has 6 nitrogen and oxygen atoms in total. The summed E-state index contributed by atoms with van der Waals surface area (Å²) in [5.41, 5.74) is 0. The fourth-order valence-electron chi connectivity index (χ4n) is 2.40. The number of amides is 2. The van der Waals surface area contributed by atoms with E-state index in [4.69, 9.17) is 5.11 Å². The highest BCUT2D eigenvalue weighted by molar-refractivity contribution is 5.74. The van der Waals surface area contributed by atoms with E-state index >= 15 is 0 Å². The lowest BCUT2D eigenvalue weighted by molar-refractivity contribution is -0.137. The van der Waals surface area contributed by atoms with Crippen LogP contribution in [0.1, 0.15) is 27.2 Å². The van der Waals surface area contributed by atoms with Crippen molar-refractivity contribution in [1.82, 2.24) is 14.7 Å². The molecule has 1 aliphatic rings. The van der Waals surface area contributed by atoms with E-state index < -0.39 is 5.97 Å². The van der Waals surface area contributed by atoms with E-state index in [1.165, 1.54) is 0 Å². The van der Waals surface area contributed by atoms with Crippen LogP contribution in [0.3, 0.4) is 0 Å². The second-order valence-electron chi connectivity index (χ2n) is 5.69. The molecule has 1 saturated heterocycles. The summed E-state index contributed by atoms with van der Waals surface area (Å²) >= 11 is 0. The summed E-state index contributed by atoms with van der Waals surface area (Å²) in [5, 5.41) is 8.68. The van der Waals surface area contributed by atoms with Crippen molar-refractivity contribution in [3.8, 4) is 0 Å². The number of hydrogen-bond acceptors (Lipinski definition) is 3. The van der Waals surface area contributed by atoms with E-state index in [9.17, 15) is 9.59 Å². The minimum atomic E-state index is -0.766. The van der Waals surface area contributed by atoms with Gasteiger partial charge in [0.1, 0.15) is 0 Å². The molecule has 116 valence electrons. The first-order valence-corrected chi connectivity index (χ1v) is 7.42. The number of rotatable bonds is 6. The van der Waals surface area contributed by atoms with Crippen molar-refractivity contribution < 1.29 is 14.7 Å². The van der Waals surface area contributed by atoms with Gasteiger partial charge >= 0.3 is 12.0 Å². The highest BCUT2D eigenvalue weighted by Crippen LogP contribution is 2.08. The molecule has 0 bridgehead atoms. The van der Waals surface area contributed by atoms with Gasteiger partial charge in [-0.05, 0) is 12.8 Å². The normalized spacial score (nSPS) is 16.5. The van der Waals surface area contributed by atoms with Crippen molar-refractivity contribution in [1.29, 1.82) is 0 Å². The number of carboxylic acids is 1. The summed E-state index contributed by atoms with van der Waals surface area (Å²) < 4.78 is 0. The Balaban J connectivity index is 2.39. The monoisotopic (exact) mass is 285 g/mol. The first-order valence-electron chi connectivity index (χ1n) is 7.42. The van der Waals surface area contributed by atoms with Crippen LogP contribution in [0.25, 0.3) is 0 Å². The quantitative estimate of drug-likeness (QED) is 0.796. The van der Waals surface area contributed by atoms with E-state index in [0.29, 0.717) is 25.6 Å². The van der Waals surface area contributed by atoms with Crippen LogP contribution in [-0.4, -0.2) is 77.6 Å². The zero-order valence-electron chi connectivity index (χ0n) is 12.8. The SMILES string of the molecule is CCN(CC(C)C)C(=O)N1CCN(CCC(=O)O)CC1. The lowest BCUT2D eigenvalue weighted by Crippen LogP contribution is -2.53. The molecule has 0 aromatic heterocycles. The maximum absolute atomic E-state index is 12.4. The highest BCUT2D eigenvalue weighted by Gasteiger charge is 2.24. The number of piperazine rings is 1. The number of carboxylic acid groups (broad SMARTS) is 1. The first-order chi connectivity index (χ1) is 9.43. The highest BCUT2D eigenvalue weighted by atomic mass is 16.4. The third-order valence-corrected chi connectivity index (χ3v) is 3.52. The van der Waals surface area contributed by atoms with E-state index in [1.54, 1.807) is 0 Å². The third-order valence-electron chi connectivity index (χ3n) is 3.52. The molecule has 0 radical (unpaired) electrons. The van der Waals surface area contributed by atoms with Crippen LogP contribution in [-0.2, 0) is 4.79 Å². The zero-order valence-corrected chi connectivity index (χ0v) is 12.8. The standard InChI is InChI=1S/C14H27N3O3/c1-4-16(11-12(2)3)14(20)17-9-7-15(8-10-17)6-5-13(18)19/h12H,4-11H2,1-3H3,(H,18,19). The Labute approximate surface area is 121 Å². The Morgan fingerprint density at radius 3 is 2.25 bits per heavy atom. The second-order valence-corrected chi connectivity index (χ2v) is 5.69. The predicted molar refractivity (Wildman–Crippen MR) is 77.7 cm³/mol. The lowest BCUT2D eigenvalue weighted by atomic mass is 10.2. The van der Waals surface area contributed by atoms with Gasteiger partial charge in [-0.25, -0.2) is 4.79 Å². The van der Waals surface area contributed by atoms with Gasteiger partial charge in [-0.3, -0.25) is 9.69 Å². The number of carbonyl (C=O) groups is 2. The minimum absolute atomic E-state index is 0.110. The predicted octanol–water partition coefficient (Wildman–Crippen LogP) is 1.18. The Morgan fingerprint density at radius 2 is 1.80 bits per heavy atom. The summed E-state index contributed by atoms with van der Waals surface area (Å²) in [6.45, 7) is 11.2. The molecule has 1 N–H and O–H groups in total. The molecule has 0 unspecified atom stereocenters. The van der Waals surface area contributed by atoms with Gasteiger partial charge in [-0.2, -0.15) is 0 Å². The van der Waals surface area contributed by atoms with E-state index in [-0.39, 0.29) is 12.5 Å². The zero-order chi connectivity index (χ0) is 15.1. The molecule has 1 rings (SSSR count). The van der Waals surface area contributed by atoms with E-state index in [2.05, 4.69) is 18.7 Å². The lowest BCUT2D eigenvalue weighted by Gasteiger charge is -2.37.